The van der Waals surface area contributed by atoms with Crippen molar-refractivity contribution in [3.05, 3.63) is 582 Å². The topological polar surface area (TPSA) is 61.4 Å². The molecule has 1 aliphatic heterocycles. The van der Waals surface area contributed by atoms with Crippen LogP contribution in [0.1, 0.15) is 31.7 Å². The first-order chi connectivity index (χ1) is 70.6. The molecule has 0 aliphatic carbocycles. The Balaban J connectivity index is 0.000000161. The molecule has 0 radical (unpaired) electrons. The standard InChI is InChI=1S/2C34H34N2P2.3C18H15P.C4H8O.CO.CH4.ClH.Ru/c2*1-5-16-31(17-6-1)37(32-18-7-2-8-19-32)27-25-36(29-30-15-13-14-24-35-30)26-28-38(33-20-9-3-10-21-33)34-22-11-4-12-23-34;3*1-4-10-16(11-5-1)19(17-12-6-2-7-13-17)18-14-8-3-9-15-18;1-2-4-5-3-1;1-2;;;/h2*1-24H,25-29H2;3*1-15H;1-4H2;;1H4;1H;/q;;;;;;;;;+1/p-1. The number of ether oxygens (including phenoxy) is 1. The summed E-state index contributed by atoms with van der Waals surface area (Å²) in [5.74, 6) is 0. The van der Waals surface area contributed by atoms with Crippen LogP contribution in [-0.2, 0) is 39.8 Å². The smallest absolute Gasteiger partial charge is 0.0543 e. The van der Waals surface area contributed by atoms with Crippen molar-refractivity contribution in [3.63, 3.8) is 0 Å². The number of aromatic nitrogens is 2. The van der Waals surface area contributed by atoms with Gasteiger partial charge in [0.2, 0.25) is 0 Å². The molecule has 0 atom stereocenters. The van der Waals surface area contributed by atoms with Gasteiger partial charge in [-0.3, -0.25) is 19.8 Å². The van der Waals surface area contributed by atoms with Gasteiger partial charge >= 0.3 is 38.3 Å². The van der Waals surface area contributed by atoms with Crippen LogP contribution in [-0.4, -0.2) is 83.8 Å². The Morgan fingerprint density at radius 2 is 0.343 bits per heavy atom. The molecule has 15 heteroatoms. The summed E-state index contributed by atoms with van der Waals surface area (Å²) in [6.45, 7) is 12.4. The van der Waals surface area contributed by atoms with E-state index in [1.54, 1.807) is 0 Å². The van der Waals surface area contributed by atoms with E-state index in [-0.39, 0.29) is 7.43 Å². The molecule has 3 heterocycles. The number of halogens is 1. The molecule has 0 amide bonds. The van der Waals surface area contributed by atoms with Crippen molar-refractivity contribution < 1.29 is 26.7 Å². The largest absolute Gasteiger partial charge is 0.297 e. The Labute approximate surface area is 874 Å². The average molecular weight is 2100 g/mol. The van der Waals surface area contributed by atoms with Crippen molar-refractivity contribution in [2.24, 2.45) is 0 Å². The summed E-state index contributed by atoms with van der Waals surface area (Å²) in [6.07, 6.45) is 10.9. The first-order valence-electron chi connectivity index (χ1n) is 48.1. The van der Waals surface area contributed by atoms with Crippen molar-refractivity contribution in [2.45, 2.75) is 33.4 Å². The number of hydrogen-bond acceptors (Lipinski definition) is 5. The number of hydrogen-bond donors (Lipinski definition) is 0. The van der Waals surface area contributed by atoms with E-state index >= 15 is 0 Å². The third-order valence-corrected chi connectivity index (χ3v) is 40.6. The molecule has 2 aromatic heterocycles. The van der Waals surface area contributed by atoms with Gasteiger partial charge < -0.3 is 4.74 Å². The summed E-state index contributed by atoms with van der Waals surface area (Å²) >= 11 is 1.82. The molecule has 1 fully saturated rings. The summed E-state index contributed by atoms with van der Waals surface area (Å²) in [7, 11) is 1.52. The third kappa shape index (κ3) is 37.0. The average Bonchev–Trinajstić information content (AvgIpc) is 1.08. The summed E-state index contributed by atoms with van der Waals surface area (Å²) in [5.41, 5.74) is 2.28. The number of pyridine rings is 2. The monoisotopic (exact) mass is 2100 g/mol. The molecule has 0 bridgehead atoms. The summed E-state index contributed by atoms with van der Waals surface area (Å²) in [5, 5.41) is 24.2. The molecule has 6 nitrogen and oxygen atoms in total. The fourth-order valence-corrected chi connectivity index (χ4v) is 32.8. The van der Waals surface area contributed by atoms with Gasteiger partial charge in [-0.15, -0.1) is 0 Å². The van der Waals surface area contributed by atoms with Crippen LogP contribution in [0.2, 0.25) is 0 Å². The van der Waals surface area contributed by atoms with Crippen molar-refractivity contribution in [1.82, 2.24) is 19.8 Å². The predicted octanol–water partition coefficient (Wildman–Crippen LogP) is 24.7. The van der Waals surface area contributed by atoms with E-state index in [9.17, 15) is 0 Å². The van der Waals surface area contributed by atoms with E-state index in [1.807, 2.05) is 41.8 Å². The van der Waals surface area contributed by atoms with Crippen molar-refractivity contribution in [2.75, 3.05) is 64.0 Å². The Morgan fingerprint density at radius 1 is 0.210 bits per heavy atom. The Kier molecular flexibility index (Phi) is 50.8. The predicted molar refractivity (Wildman–Crippen MR) is 627 cm³/mol. The van der Waals surface area contributed by atoms with E-state index in [0.717, 1.165) is 88.5 Å². The maximum absolute atomic E-state index is 7.50. The second kappa shape index (κ2) is 65.8. The molecule has 0 saturated carbocycles. The van der Waals surface area contributed by atoms with Crippen LogP contribution >= 0.6 is 65.1 Å². The van der Waals surface area contributed by atoms with Gasteiger partial charge in [0.15, 0.2) is 0 Å². The van der Waals surface area contributed by atoms with E-state index in [1.165, 1.54) is 103 Å². The molecule has 17 aromatic carbocycles. The van der Waals surface area contributed by atoms with Crippen molar-refractivity contribution >= 4 is 155 Å². The first-order valence-corrected chi connectivity index (χ1v) is 60.5. The SMILES string of the molecule is C.C1CCOC1.[C-]#[O+].[Cl][Ru].c1ccc(P(CCN(CCP(c2ccccc2)c2ccccc2)Cc2ccccn2)c2ccccc2)cc1.c1ccc(P(CCN(CCP(c2ccccc2)c2ccccc2)Cc2ccccn2)c2ccccc2)cc1.c1ccc(P(c2ccccc2)c2ccccc2)cc1.c1ccc(P(c2ccccc2)c2ccccc2)cc1.c1ccc(P(c2ccccc2)c2ccccc2)cc1. The molecule has 0 unspecified atom stereocenters. The van der Waals surface area contributed by atoms with Gasteiger partial charge in [-0.2, -0.15) is 0 Å². The molecule has 0 N–H and O–H groups in total. The molecule has 143 heavy (non-hydrogen) atoms. The number of rotatable bonds is 33. The second-order valence-corrected chi connectivity index (χ2v) is 48.8. The molecule has 1 aliphatic rings. The minimum Gasteiger partial charge on any atom is -0.297 e. The van der Waals surface area contributed by atoms with E-state index in [0.29, 0.717) is 0 Å². The van der Waals surface area contributed by atoms with Crippen LogP contribution in [0.25, 0.3) is 0 Å². The quantitative estimate of drug-likeness (QED) is 0.0178. The minimum atomic E-state index is -0.446. The van der Waals surface area contributed by atoms with Gasteiger partial charge in [-0.05, 0) is 207 Å². The van der Waals surface area contributed by atoms with E-state index in [4.69, 9.17) is 9.39 Å². The van der Waals surface area contributed by atoms with Crippen LogP contribution in [0.3, 0.4) is 0 Å². The third-order valence-electron chi connectivity index (χ3n) is 23.3. The molecule has 0 spiro atoms. The van der Waals surface area contributed by atoms with Crippen LogP contribution < -0.4 is 90.2 Å². The molecule has 1 saturated heterocycles. The Morgan fingerprint density at radius 3 is 0.462 bits per heavy atom. The van der Waals surface area contributed by atoms with Gasteiger partial charge in [0, 0.05) is 64.9 Å². The zero-order valence-electron chi connectivity index (χ0n) is 80.1. The fourth-order valence-electron chi connectivity index (χ4n) is 16.5. The maximum atomic E-state index is 7.50. The van der Waals surface area contributed by atoms with Crippen LogP contribution in [0.15, 0.2) is 564 Å². The van der Waals surface area contributed by atoms with Crippen LogP contribution in [0, 0.1) is 6.65 Å². The molecule has 20 rings (SSSR count). The van der Waals surface area contributed by atoms with E-state index in [2.05, 4.69) is 576 Å². The van der Waals surface area contributed by atoms with Crippen molar-refractivity contribution in [1.29, 1.82) is 0 Å². The van der Waals surface area contributed by atoms with Crippen LogP contribution in [0.4, 0.5) is 0 Å². The molecular weight excluding hydrogens is 1980 g/mol. The number of nitrogens with zero attached hydrogens (tertiary/aromatic N) is 4. The Bertz CT molecular complexity index is 5370. The normalized spacial score (nSPS) is 11.1. The fraction of sp³-hybridized carbons (Fsp3) is 0.117. The Hall–Kier alpha value is -11.4. The van der Waals surface area contributed by atoms with Gasteiger partial charge in [0.25, 0.3) is 0 Å². The van der Waals surface area contributed by atoms with Gasteiger partial charge in [-0.25, -0.2) is 0 Å². The molecular formula is C128H125ClN4O2P7Ru. The first kappa shape index (κ1) is 110. The summed E-state index contributed by atoms with van der Waals surface area (Å²) in [6, 6.07) is 198. The van der Waals surface area contributed by atoms with Crippen LogP contribution in [0.5, 0.6) is 0 Å². The molecule has 19 aromatic rings. The van der Waals surface area contributed by atoms with Gasteiger partial charge in [-0.1, -0.05) is 535 Å². The van der Waals surface area contributed by atoms with Gasteiger partial charge in [0.05, 0.1) is 11.4 Å². The molecule has 719 valence electrons. The zero-order chi connectivity index (χ0) is 97.9. The maximum Gasteiger partial charge on any atom is 0.0543 e. The summed E-state index contributed by atoms with van der Waals surface area (Å²) in [4.78, 5) is 14.6. The van der Waals surface area contributed by atoms with Gasteiger partial charge in [0.1, 0.15) is 0 Å². The second-order valence-electron chi connectivity index (χ2n) is 32.8. The zero-order valence-corrected chi connectivity index (χ0v) is 88.8. The minimum absolute atomic E-state index is 0. The number of benzene rings is 17. The van der Waals surface area contributed by atoms with Crippen molar-refractivity contribution in [3.8, 4) is 0 Å². The summed E-state index contributed by atoms with van der Waals surface area (Å²) < 4.78 is 12.4. The van der Waals surface area contributed by atoms with E-state index < -0.39 is 55.5 Å².